The zero-order chi connectivity index (χ0) is 27.8. The zero-order valence-corrected chi connectivity index (χ0v) is 24.3. The fourth-order valence-corrected chi connectivity index (χ4v) is 5.29. The third-order valence-electron chi connectivity index (χ3n) is 5.75. The van der Waals surface area contributed by atoms with Crippen molar-refractivity contribution in [2.45, 2.75) is 59.0 Å². The minimum absolute atomic E-state index is 0.247. The molecule has 0 spiro atoms. The molecule has 0 aromatic heterocycles. The molecule has 0 amide bonds. The first-order chi connectivity index (χ1) is 17.2. The van der Waals surface area contributed by atoms with Crippen LogP contribution in [0.25, 0.3) is 0 Å². The molecule has 1 unspecified atom stereocenters. The highest BCUT2D eigenvalue weighted by molar-refractivity contribution is 7.86. The van der Waals surface area contributed by atoms with Crippen molar-refractivity contribution in [3.05, 3.63) is 64.2 Å². The van der Waals surface area contributed by atoms with Crippen molar-refractivity contribution >= 4 is 20.2 Å². The number of allylic oxidation sites excluding steroid dienone is 2. The molecule has 0 aliphatic heterocycles. The Morgan fingerprint density at radius 2 is 1.46 bits per heavy atom. The zero-order valence-electron chi connectivity index (χ0n) is 22.7. The van der Waals surface area contributed by atoms with Gasteiger partial charge in [0.15, 0.2) is 0 Å². The van der Waals surface area contributed by atoms with Crippen molar-refractivity contribution in [3.63, 3.8) is 0 Å². The second-order valence-corrected chi connectivity index (χ2v) is 12.4. The lowest BCUT2D eigenvalue weighted by Gasteiger charge is -2.20. The molecule has 2 rings (SSSR count). The van der Waals surface area contributed by atoms with Crippen LogP contribution in [-0.2, 0) is 30.8 Å². The average Bonchev–Trinajstić information content (AvgIpc) is 2.79. The van der Waals surface area contributed by atoms with Crippen molar-refractivity contribution in [3.8, 4) is 17.2 Å². The van der Waals surface area contributed by atoms with Crippen molar-refractivity contribution in [2.24, 2.45) is 0 Å². The van der Waals surface area contributed by atoms with Crippen LogP contribution in [0.1, 0.15) is 61.0 Å². The minimum atomic E-state index is -3.71. The molecule has 10 heteroatoms. The number of hydrogen-bond acceptors (Lipinski definition) is 8. The molecule has 206 valence electrons. The fourth-order valence-electron chi connectivity index (χ4n) is 4.10. The molecule has 0 radical (unpaired) electrons. The van der Waals surface area contributed by atoms with Crippen molar-refractivity contribution in [1.82, 2.24) is 0 Å². The summed E-state index contributed by atoms with van der Waals surface area (Å²) in [5.41, 5.74) is 4.17. The first kappa shape index (κ1) is 30.7. The van der Waals surface area contributed by atoms with Gasteiger partial charge in [-0.3, -0.25) is 4.18 Å². The molecule has 0 aliphatic carbocycles. The van der Waals surface area contributed by atoms with Crippen LogP contribution < -0.4 is 13.7 Å². The summed E-state index contributed by atoms with van der Waals surface area (Å²) in [6.45, 7) is 5.50. The molecular weight excluding hydrogens is 516 g/mol. The van der Waals surface area contributed by atoms with Gasteiger partial charge in [-0.1, -0.05) is 11.6 Å². The highest BCUT2D eigenvalue weighted by Gasteiger charge is 2.21. The normalized spacial score (nSPS) is 13.3. The second kappa shape index (κ2) is 13.3. The third kappa shape index (κ3) is 10.8. The van der Waals surface area contributed by atoms with E-state index in [2.05, 4.69) is 13.0 Å². The van der Waals surface area contributed by atoms with Gasteiger partial charge in [-0.25, -0.2) is 0 Å². The van der Waals surface area contributed by atoms with E-state index in [-0.39, 0.29) is 5.75 Å². The number of ether oxygens (including phenoxy) is 2. The Morgan fingerprint density at radius 3 is 1.95 bits per heavy atom. The smallest absolute Gasteiger partial charge is 0.306 e. The summed E-state index contributed by atoms with van der Waals surface area (Å²) >= 11 is 0. The van der Waals surface area contributed by atoms with Gasteiger partial charge in [0, 0.05) is 6.07 Å². The van der Waals surface area contributed by atoms with Crippen molar-refractivity contribution < 1.29 is 34.7 Å². The summed E-state index contributed by atoms with van der Waals surface area (Å²) in [4.78, 5) is 0. The van der Waals surface area contributed by atoms with Gasteiger partial charge in [0.05, 0.1) is 26.7 Å². The summed E-state index contributed by atoms with van der Waals surface area (Å²) in [7, 11) is -4.13. The third-order valence-corrected chi connectivity index (χ3v) is 6.81. The lowest BCUT2D eigenvalue weighted by molar-refractivity contribution is 0.201. The minimum Gasteiger partial charge on any atom is -0.497 e. The van der Waals surface area contributed by atoms with E-state index in [9.17, 15) is 16.8 Å². The van der Waals surface area contributed by atoms with E-state index >= 15 is 0 Å². The van der Waals surface area contributed by atoms with E-state index in [1.165, 1.54) is 5.57 Å². The first-order valence-electron chi connectivity index (χ1n) is 12.0. The molecule has 1 atom stereocenters. The Labute approximate surface area is 221 Å². The summed E-state index contributed by atoms with van der Waals surface area (Å²) in [6.07, 6.45) is 7.19. The van der Waals surface area contributed by atoms with Crippen LogP contribution in [0.5, 0.6) is 17.2 Å². The quantitative estimate of drug-likeness (QED) is 0.225. The van der Waals surface area contributed by atoms with Crippen LogP contribution in [0.15, 0.2) is 42.0 Å². The molecule has 2 aromatic rings. The number of aryl methyl sites for hydroxylation is 3. The topological polar surface area (TPSA) is 105 Å². The van der Waals surface area contributed by atoms with Crippen LogP contribution in [0.3, 0.4) is 0 Å². The predicted octanol–water partition coefficient (Wildman–Crippen LogP) is 5.43. The molecule has 2 aromatic carbocycles. The monoisotopic (exact) mass is 554 g/mol. The van der Waals surface area contributed by atoms with Gasteiger partial charge in [0.2, 0.25) is 0 Å². The number of benzene rings is 2. The standard InChI is InChI=1S/C27H38O8S2/c1-19(10-8-12-22-16-24(32-4)18-25(17-22)33-5)11-9-13-26(34-36(6,28)29)23-14-20(2)27(21(3)15-23)35-37(7,30)31/h10,14-18,26H,8-9,11-13H2,1-7H3/b19-10+. The number of hydrogen-bond donors (Lipinski definition) is 0. The Bertz CT molecular complexity index is 1270. The van der Waals surface area contributed by atoms with Crippen molar-refractivity contribution in [1.29, 1.82) is 0 Å². The van der Waals surface area contributed by atoms with Gasteiger partial charge < -0.3 is 13.7 Å². The molecule has 0 N–H and O–H groups in total. The molecule has 0 aliphatic rings. The molecule has 37 heavy (non-hydrogen) atoms. The molecule has 0 fully saturated rings. The Kier molecular flexibility index (Phi) is 11.0. The molecule has 0 saturated heterocycles. The summed E-state index contributed by atoms with van der Waals surface area (Å²) < 4.78 is 68.2. The largest absolute Gasteiger partial charge is 0.497 e. The fraction of sp³-hybridized carbons (Fsp3) is 0.481. The van der Waals surface area contributed by atoms with E-state index in [0.717, 1.165) is 55.3 Å². The first-order valence-corrected chi connectivity index (χ1v) is 15.6. The Hall–Kier alpha value is -2.56. The molecule has 0 bridgehead atoms. The Balaban J connectivity index is 2.06. The van der Waals surface area contributed by atoms with Crippen LogP contribution in [0.2, 0.25) is 0 Å². The van der Waals surface area contributed by atoms with E-state index in [0.29, 0.717) is 23.1 Å². The molecule has 8 nitrogen and oxygen atoms in total. The van der Waals surface area contributed by atoms with Gasteiger partial charge in [-0.2, -0.15) is 16.8 Å². The maximum Gasteiger partial charge on any atom is 0.306 e. The maximum atomic E-state index is 11.9. The second-order valence-electron chi connectivity index (χ2n) is 9.26. The van der Waals surface area contributed by atoms with Gasteiger partial charge >= 0.3 is 10.1 Å². The van der Waals surface area contributed by atoms with Gasteiger partial charge in [0.25, 0.3) is 10.1 Å². The number of methoxy groups -OCH3 is 2. The van der Waals surface area contributed by atoms with E-state index < -0.39 is 26.3 Å². The van der Waals surface area contributed by atoms with Crippen LogP contribution in [0, 0.1) is 13.8 Å². The van der Waals surface area contributed by atoms with Gasteiger partial charge in [-0.15, -0.1) is 0 Å². The molecule has 0 heterocycles. The maximum absolute atomic E-state index is 11.9. The SMILES string of the molecule is COc1cc(CC/C=C(\C)CCCC(OS(C)(=O)=O)c2cc(C)c(OS(C)(=O)=O)c(C)c2)cc(OC)c1. The van der Waals surface area contributed by atoms with Crippen LogP contribution in [0.4, 0.5) is 0 Å². The van der Waals surface area contributed by atoms with Crippen LogP contribution in [-0.4, -0.2) is 43.6 Å². The molecule has 0 saturated carbocycles. The predicted molar refractivity (Wildman–Crippen MR) is 146 cm³/mol. The van der Waals surface area contributed by atoms with E-state index in [4.69, 9.17) is 17.8 Å². The lowest BCUT2D eigenvalue weighted by Crippen LogP contribution is -2.13. The van der Waals surface area contributed by atoms with Crippen molar-refractivity contribution in [2.75, 3.05) is 26.7 Å². The average molecular weight is 555 g/mol. The van der Waals surface area contributed by atoms with Gasteiger partial charge in [0.1, 0.15) is 23.4 Å². The highest BCUT2D eigenvalue weighted by atomic mass is 32.2. The lowest BCUT2D eigenvalue weighted by atomic mass is 9.97. The summed E-state index contributed by atoms with van der Waals surface area (Å²) in [5, 5.41) is 0. The summed E-state index contributed by atoms with van der Waals surface area (Å²) in [6, 6.07) is 9.27. The Morgan fingerprint density at radius 1 is 0.892 bits per heavy atom. The molecular formula is C27H38O8S2. The number of rotatable bonds is 14. The highest BCUT2D eigenvalue weighted by Crippen LogP contribution is 2.33. The van der Waals surface area contributed by atoms with E-state index in [1.54, 1.807) is 40.2 Å². The van der Waals surface area contributed by atoms with Crippen LogP contribution >= 0.6 is 0 Å². The summed E-state index contributed by atoms with van der Waals surface area (Å²) in [5.74, 6) is 1.76. The van der Waals surface area contributed by atoms with E-state index in [1.807, 2.05) is 18.2 Å². The van der Waals surface area contributed by atoms with Gasteiger partial charge in [-0.05, 0) is 99.4 Å².